The van der Waals surface area contributed by atoms with Crippen molar-refractivity contribution in [3.05, 3.63) is 35.4 Å². The van der Waals surface area contributed by atoms with Gasteiger partial charge < -0.3 is 8.92 Å². The summed E-state index contributed by atoms with van der Waals surface area (Å²) in [6.07, 6.45) is 0.727. The van der Waals surface area contributed by atoms with E-state index in [1.165, 1.54) is 12.1 Å². The van der Waals surface area contributed by atoms with Gasteiger partial charge in [-0.05, 0) is 18.6 Å². The molecule has 0 fully saturated rings. The zero-order valence-corrected chi connectivity index (χ0v) is 9.70. The van der Waals surface area contributed by atoms with E-state index in [1.807, 2.05) is 6.92 Å². The third-order valence-electron chi connectivity index (χ3n) is 1.89. The molecular formula is C11H12O4S. The molecule has 0 amide bonds. The summed E-state index contributed by atoms with van der Waals surface area (Å²) in [4.78, 5) is 22.9. The summed E-state index contributed by atoms with van der Waals surface area (Å²) in [6, 6.07) is 6.29. The lowest BCUT2D eigenvalue weighted by atomic mass is 10.1. The fraction of sp³-hybridized carbons (Fsp3) is 0.273. The van der Waals surface area contributed by atoms with Crippen LogP contribution in [0.15, 0.2) is 24.3 Å². The molecule has 0 saturated heterocycles. The van der Waals surface area contributed by atoms with Gasteiger partial charge in [0.05, 0.1) is 17.7 Å². The van der Waals surface area contributed by atoms with Crippen molar-refractivity contribution in [2.24, 2.45) is 0 Å². The fourth-order valence-electron chi connectivity index (χ4n) is 1.16. The molecule has 1 aromatic carbocycles. The number of hydrogen-bond donors (Lipinski definition) is 1. The zero-order chi connectivity index (χ0) is 12.0. The first-order valence-electron chi connectivity index (χ1n) is 4.82. The van der Waals surface area contributed by atoms with Crippen molar-refractivity contribution in [3.8, 4) is 0 Å². The van der Waals surface area contributed by atoms with E-state index in [0.717, 1.165) is 6.42 Å². The van der Waals surface area contributed by atoms with Gasteiger partial charge in [-0.3, -0.25) is 0 Å². The summed E-state index contributed by atoms with van der Waals surface area (Å²) < 4.78 is 9.22. The summed E-state index contributed by atoms with van der Waals surface area (Å²) in [6.45, 7) is 2.21. The van der Waals surface area contributed by atoms with Gasteiger partial charge in [0.15, 0.2) is 0 Å². The molecule has 0 aliphatic carbocycles. The Morgan fingerprint density at radius 2 is 1.75 bits per heavy atom. The molecule has 4 nitrogen and oxygen atoms in total. The van der Waals surface area contributed by atoms with Crippen molar-refractivity contribution >= 4 is 24.8 Å². The standard InChI is InChI=1S/C11H12O4S/c1-2-7-14-10(12)8-5-3-4-6-9(8)11(13)15-16/h3-6,16H,2,7H2,1H3. The van der Waals surface area contributed by atoms with E-state index in [1.54, 1.807) is 12.1 Å². The Morgan fingerprint density at radius 3 is 2.25 bits per heavy atom. The number of rotatable bonds is 4. The second-order valence-electron chi connectivity index (χ2n) is 3.06. The van der Waals surface area contributed by atoms with Gasteiger partial charge in [-0.2, -0.15) is 0 Å². The van der Waals surface area contributed by atoms with Crippen molar-refractivity contribution in [2.45, 2.75) is 13.3 Å². The maximum absolute atomic E-state index is 11.6. The molecule has 1 aromatic rings. The van der Waals surface area contributed by atoms with E-state index in [4.69, 9.17) is 4.74 Å². The fourth-order valence-corrected chi connectivity index (χ4v) is 1.26. The Morgan fingerprint density at radius 1 is 1.19 bits per heavy atom. The highest BCUT2D eigenvalue weighted by molar-refractivity contribution is 7.75. The molecule has 16 heavy (non-hydrogen) atoms. The van der Waals surface area contributed by atoms with E-state index in [0.29, 0.717) is 6.61 Å². The van der Waals surface area contributed by atoms with Crippen molar-refractivity contribution in [1.82, 2.24) is 0 Å². The number of esters is 1. The molecule has 0 aliphatic rings. The van der Waals surface area contributed by atoms with Crippen molar-refractivity contribution in [3.63, 3.8) is 0 Å². The van der Waals surface area contributed by atoms with Crippen LogP contribution in [0.25, 0.3) is 0 Å². The van der Waals surface area contributed by atoms with Gasteiger partial charge in [0, 0.05) is 12.9 Å². The highest BCUT2D eigenvalue weighted by Crippen LogP contribution is 2.12. The van der Waals surface area contributed by atoms with Crippen LogP contribution in [0.4, 0.5) is 0 Å². The predicted molar refractivity (Wildman–Crippen MR) is 61.4 cm³/mol. The van der Waals surface area contributed by atoms with Crippen LogP contribution in [0.3, 0.4) is 0 Å². The van der Waals surface area contributed by atoms with Gasteiger partial charge in [0.25, 0.3) is 0 Å². The SMILES string of the molecule is CCCOC(=O)c1ccccc1C(=O)OS. The van der Waals surface area contributed by atoms with E-state index in [9.17, 15) is 9.59 Å². The Bertz CT molecular complexity index is 389. The molecule has 0 heterocycles. The van der Waals surface area contributed by atoms with Crippen LogP contribution in [-0.2, 0) is 8.92 Å². The van der Waals surface area contributed by atoms with Gasteiger partial charge >= 0.3 is 11.9 Å². The molecule has 0 bridgehead atoms. The molecule has 0 aliphatic heterocycles. The van der Waals surface area contributed by atoms with Crippen molar-refractivity contribution < 1.29 is 18.5 Å². The molecule has 0 saturated carbocycles. The van der Waals surface area contributed by atoms with E-state index in [2.05, 4.69) is 17.1 Å². The lowest BCUT2D eigenvalue weighted by Crippen LogP contribution is -2.12. The molecule has 0 N–H and O–H groups in total. The topological polar surface area (TPSA) is 52.6 Å². The van der Waals surface area contributed by atoms with E-state index < -0.39 is 11.9 Å². The highest BCUT2D eigenvalue weighted by atomic mass is 32.1. The average molecular weight is 240 g/mol. The van der Waals surface area contributed by atoms with Crippen molar-refractivity contribution in [2.75, 3.05) is 6.61 Å². The molecular weight excluding hydrogens is 228 g/mol. The maximum Gasteiger partial charge on any atom is 0.350 e. The van der Waals surface area contributed by atoms with E-state index in [-0.39, 0.29) is 11.1 Å². The largest absolute Gasteiger partial charge is 0.462 e. The van der Waals surface area contributed by atoms with Gasteiger partial charge in [-0.15, -0.1) is 0 Å². The predicted octanol–water partition coefficient (Wildman–Crippen LogP) is 2.26. The molecule has 0 spiro atoms. The van der Waals surface area contributed by atoms with Gasteiger partial charge in [0.1, 0.15) is 0 Å². The summed E-state index contributed by atoms with van der Waals surface area (Å²) in [5.41, 5.74) is 0.341. The monoisotopic (exact) mass is 240 g/mol. The highest BCUT2D eigenvalue weighted by Gasteiger charge is 2.17. The first-order chi connectivity index (χ1) is 7.70. The third kappa shape index (κ3) is 3.00. The van der Waals surface area contributed by atoms with Gasteiger partial charge in [-0.25, -0.2) is 9.59 Å². The number of thiol groups is 1. The number of hydrogen-bond acceptors (Lipinski definition) is 5. The zero-order valence-electron chi connectivity index (χ0n) is 8.80. The Hall–Kier alpha value is -1.49. The molecule has 0 unspecified atom stereocenters. The van der Waals surface area contributed by atoms with Gasteiger partial charge in [-0.1, -0.05) is 19.1 Å². The van der Waals surface area contributed by atoms with Crippen LogP contribution in [0.2, 0.25) is 0 Å². The smallest absolute Gasteiger partial charge is 0.350 e. The number of benzene rings is 1. The minimum atomic E-state index is -0.674. The Labute approximate surface area is 99.2 Å². The number of carbonyl (C=O) groups excluding carboxylic acids is 2. The van der Waals surface area contributed by atoms with Crippen LogP contribution in [0.1, 0.15) is 34.1 Å². The Balaban J connectivity index is 2.94. The molecule has 0 aromatic heterocycles. The lowest BCUT2D eigenvalue weighted by molar-refractivity contribution is 0.0498. The number of carbonyl (C=O) groups is 2. The quantitative estimate of drug-likeness (QED) is 0.498. The van der Waals surface area contributed by atoms with Gasteiger partial charge in [0.2, 0.25) is 0 Å². The first-order valence-corrected chi connectivity index (χ1v) is 5.19. The first kappa shape index (κ1) is 12.6. The van der Waals surface area contributed by atoms with Crippen LogP contribution >= 0.6 is 12.9 Å². The Kier molecular flexibility index (Phi) is 4.85. The minimum absolute atomic E-state index is 0.151. The lowest BCUT2D eigenvalue weighted by Gasteiger charge is -2.06. The summed E-state index contributed by atoms with van der Waals surface area (Å²) >= 11 is 3.41. The average Bonchev–Trinajstić information content (AvgIpc) is 2.35. The molecule has 0 atom stereocenters. The van der Waals surface area contributed by atoms with Crippen LogP contribution in [0, 0.1) is 0 Å². The normalized spacial score (nSPS) is 9.62. The van der Waals surface area contributed by atoms with Crippen LogP contribution in [0.5, 0.6) is 0 Å². The molecule has 1 rings (SSSR count). The second-order valence-corrected chi connectivity index (χ2v) is 3.24. The number of ether oxygens (including phenoxy) is 1. The molecule has 86 valence electrons. The summed E-state index contributed by atoms with van der Waals surface area (Å²) in [5, 5.41) is 0. The minimum Gasteiger partial charge on any atom is -0.462 e. The van der Waals surface area contributed by atoms with Crippen LogP contribution in [-0.4, -0.2) is 18.5 Å². The third-order valence-corrected chi connectivity index (χ3v) is 2.05. The van der Waals surface area contributed by atoms with E-state index >= 15 is 0 Å². The molecule has 0 radical (unpaired) electrons. The summed E-state index contributed by atoms with van der Waals surface area (Å²) in [7, 11) is 0. The molecule has 5 heteroatoms. The second kappa shape index (κ2) is 6.17. The summed E-state index contributed by atoms with van der Waals surface area (Å²) in [5.74, 6) is -1.21. The van der Waals surface area contributed by atoms with Crippen LogP contribution < -0.4 is 0 Å². The van der Waals surface area contributed by atoms with Crippen molar-refractivity contribution in [1.29, 1.82) is 0 Å². The maximum atomic E-state index is 11.6.